The van der Waals surface area contributed by atoms with E-state index in [1.165, 1.54) is 22.0 Å². The van der Waals surface area contributed by atoms with Crippen LogP contribution in [0.25, 0.3) is 0 Å². The molecule has 1 aliphatic heterocycles. The zero-order valence-electron chi connectivity index (χ0n) is 17.5. The second kappa shape index (κ2) is 10.2. The minimum Gasteiger partial charge on any atom is -0.379 e. The van der Waals surface area contributed by atoms with Gasteiger partial charge in [-0.25, -0.2) is 8.42 Å². The monoisotopic (exact) mass is 431 g/mol. The van der Waals surface area contributed by atoms with Gasteiger partial charge >= 0.3 is 0 Å². The Kier molecular flexibility index (Phi) is 7.60. The third kappa shape index (κ3) is 5.66. The number of ether oxygens (including phenoxy) is 1. The maximum absolute atomic E-state index is 12.7. The van der Waals surface area contributed by atoms with Crippen LogP contribution in [0.15, 0.2) is 59.5 Å². The van der Waals surface area contributed by atoms with Crippen LogP contribution >= 0.6 is 0 Å². The summed E-state index contributed by atoms with van der Waals surface area (Å²) in [5.41, 5.74) is 1.65. The predicted octanol–water partition coefficient (Wildman–Crippen LogP) is 1.61. The summed E-state index contributed by atoms with van der Waals surface area (Å²) in [5, 5.41) is 2.97. The van der Waals surface area contributed by atoms with Crippen LogP contribution in [0.4, 0.5) is 0 Å². The van der Waals surface area contributed by atoms with E-state index < -0.39 is 10.0 Å². The second-order valence-corrected chi connectivity index (χ2v) is 9.50. The van der Waals surface area contributed by atoms with E-state index in [1.807, 2.05) is 32.3 Å². The summed E-state index contributed by atoms with van der Waals surface area (Å²) < 4.78 is 32.0. The fraction of sp³-hybridized carbons (Fsp3) is 0.409. The van der Waals surface area contributed by atoms with Crippen LogP contribution in [-0.2, 0) is 21.2 Å². The van der Waals surface area contributed by atoms with Gasteiger partial charge in [0.15, 0.2) is 0 Å². The van der Waals surface area contributed by atoms with Crippen molar-refractivity contribution in [3.8, 4) is 0 Å². The molecule has 8 heteroatoms. The van der Waals surface area contributed by atoms with Gasteiger partial charge in [0.25, 0.3) is 5.91 Å². The van der Waals surface area contributed by atoms with Crippen molar-refractivity contribution >= 4 is 15.9 Å². The topological polar surface area (TPSA) is 79.0 Å². The molecule has 30 heavy (non-hydrogen) atoms. The van der Waals surface area contributed by atoms with E-state index in [9.17, 15) is 13.2 Å². The minimum atomic E-state index is -3.56. The van der Waals surface area contributed by atoms with Crippen LogP contribution < -0.4 is 5.32 Å². The summed E-state index contributed by atoms with van der Waals surface area (Å²) in [4.78, 5) is 14.9. The fourth-order valence-corrected chi connectivity index (χ4v) is 4.76. The number of hydrogen-bond donors (Lipinski definition) is 1. The lowest BCUT2D eigenvalue weighted by atomic mass is 10.1. The lowest BCUT2D eigenvalue weighted by Gasteiger charge is -2.26. The van der Waals surface area contributed by atoms with Gasteiger partial charge in [-0.05, 0) is 50.3 Å². The second-order valence-electron chi connectivity index (χ2n) is 7.56. The van der Waals surface area contributed by atoms with Gasteiger partial charge in [-0.2, -0.15) is 4.31 Å². The molecule has 1 N–H and O–H groups in total. The quantitative estimate of drug-likeness (QED) is 0.687. The van der Waals surface area contributed by atoms with E-state index in [0.717, 1.165) is 6.42 Å². The molecule has 1 unspecified atom stereocenters. The third-order valence-corrected chi connectivity index (χ3v) is 7.18. The van der Waals surface area contributed by atoms with Gasteiger partial charge in [0.1, 0.15) is 0 Å². The number of benzene rings is 2. The van der Waals surface area contributed by atoms with Crippen LogP contribution in [0.1, 0.15) is 15.9 Å². The summed E-state index contributed by atoms with van der Waals surface area (Å²) in [6.45, 7) is 1.98. The van der Waals surface area contributed by atoms with Crippen molar-refractivity contribution in [3.63, 3.8) is 0 Å². The molecular formula is C22H29N3O4S. The molecule has 7 nitrogen and oxygen atoms in total. The molecule has 162 valence electrons. The average molecular weight is 432 g/mol. The Labute approximate surface area is 178 Å². The van der Waals surface area contributed by atoms with Crippen molar-refractivity contribution in [2.75, 3.05) is 46.9 Å². The zero-order chi connectivity index (χ0) is 21.6. The number of amides is 1. The number of nitrogens with zero attached hydrogens (tertiary/aromatic N) is 2. The maximum atomic E-state index is 12.7. The predicted molar refractivity (Wildman–Crippen MR) is 116 cm³/mol. The first-order valence-corrected chi connectivity index (χ1v) is 11.5. The zero-order valence-corrected chi connectivity index (χ0v) is 18.3. The normalized spacial score (nSPS) is 16.4. The van der Waals surface area contributed by atoms with Crippen molar-refractivity contribution in [1.29, 1.82) is 0 Å². The standard InChI is InChI=1S/C22H29N3O4S/c1-24(2)20(16-18-6-4-3-5-7-18)17-23-22(26)19-8-10-21(11-9-19)30(27,28)25-12-14-29-15-13-25/h3-11,20H,12-17H2,1-2H3,(H,23,26). The Morgan fingerprint density at radius 3 is 2.30 bits per heavy atom. The molecule has 0 aromatic heterocycles. The first-order valence-electron chi connectivity index (χ1n) is 10.0. The summed E-state index contributed by atoms with van der Waals surface area (Å²) in [6, 6.07) is 16.4. The number of sulfonamides is 1. The number of rotatable bonds is 8. The minimum absolute atomic E-state index is 0.150. The van der Waals surface area contributed by atoms with Crippen molar-refractivity contribution in [1.82, 2.24) is 14.5 Å². The number of hydrogen-bond acceptors (Lipinski definition) is 5. The van der Waals surface area contributed by atoms with Crippen molar-refractivity contribution in [2.45, 2.75) is 17.4 Å². The molecule has 1 atom stereocenters. The molecule has 1 amide bonds. The van der Waals surface area contributed by atoms with Crippen molar-refractivity contribution in [2.24, 2.45) is 0 Å². The summed E-state index contributed by atoms with van der Waals surface area (Å²) in [5.74, 6) is -0.217. The average Bonchev–Trinajstić information content (AvgIpc) is 2.77. The highest BCUT2D eigenvalue weighted by molar-refractivity contribution is 7.89. The summed E-state index contributed by atoms with van der Waals surface area (Å²) in [6.07, 6.45) is 0.824. The highest BCUT2D eigenvalue weighted by Crippen LogP contribution is 2.18. The van der Waals surface area contributed by atoms with Gasteiger partial charge < -0.3 is 15.0 Å². The molecule has 1 fully saturated rings. The molecule has 0 spiro atoms. The number of carbonyl (C=O) groups is 1. The lowest BCUT2D eigenvalue weighted by Crippen LogP contribution is -2.41. The van der Waals surface area contributed by atoms with Crippen LogP contribution in [0.5, 0.6) is 0 Å². The Hall–Kier alpha value is -2.26. The fourth-order valence-electron chi connectivity index (χ4n) is 3.35. The van der Waals surface area contributed by atoms with E-state index >= 15 is 0 Å². The summed E-state index contributed by atoms with van der Waals surface area (Å²) in [7, 11) is 0.421. The summed E-state index contributed by atoms with van der Waals surface area (Å²) >= 11 is 0. The molecule has 2 aromatic rings. The van der Waals surface area contributed by atoms with Gasteiger partial charge in [0.2, 0.25) is 10.0 Å². The molecule has 0 aliphatic carbocycles. The van der Waals surface area contributed by atoms with E-state index in [2.05, 4.69) is 22.3 Å². The maximum Gasteiger partial charge on any atom is 0.251 e. The molecule has 0 radical (unpaired) electrons. The largest absolute Gasteiger partial charge is 0.379 e. The van der Waals surface area contributed by atoms with Gasteiger partial charge in [-0.15, -0.1) is 0 Å². The highest BCUT2D eigenvalue weighted by atomic mass is 32.2. The molecule has 0 saturated carbocycles. The Bertz CT molecular complexity index is 925. The Balaban J connectivity index is 1.61. The van der Waals surface area contributed by atoms with E-state index in [-0.39, 0.29) is 16.8 Å². The molecule has 3 rings (SSSR count). The van der Waals surface area contributed by atoms with Crippen LogP contribution in [0.2, 0.25) is 0 Å². The van der Waals surface area contributed by atoms with Crippen LogP contribution in [0.3, 0.4) is 0 Å². The molecule has 1 aliphatic rings. The first kappa shape index (κ1) is 22.4. The van der Waals surface area contributed by atoms with Crippen LogP contribution in [-0.4, -0.2) is 76.5 Å². The van der Waals surface area contributed by atoms with E-state index in [0.29, 0.717) is 38.4 Å². The number of nitrogens with one attached hydrogen (secondary N) is 1. The van der Waals surface area contributed by atoms with Crippen molar-refractivity contribution < 1.29 is 17.9 Å². The molecule has 1 saturated heterocycles. The highest BCUT2D eigenvalue weighted by Gasteiger charge is 2.26. The van der Waals surface area contributed by atoms with Gasteiger partial charge in [-0.1, -0.05) is 30.3 Å². The SMILES string of the molecule is CN(C)C(CNC(=O)c1ccc(S(=O)(=O)N2CCOCC2)cc1)Cc1ccccc1. The van der Waals surface area contributed by atoms with Gasteiger partial charge in [0, 0.05) is 31.2 Å². The molecular weight excluding hydrogens is 402 g/mol. The number of likely N-dealkylation sites (N-methyl/N-ethyl adjacent to an activating group) is 1. The van der Waals surface area contributed by atoms with Crippen molar-refractivity contribution in [3.05, 3.63) is 65.7 Å². The number of morpholine rings is 1. The first-order chi connectivity index (χ1) is 14.4. The smallest absolute Gasteiger partial charge is 0.251 e. The molecule has 2 aromatic carbocycles. The Morgan fingerprint density at radius 2 is 1.70 bits per heavy atom. The number of carbonyl (C=O) groups excluding carboxylic acids is 1. The molecule has 0 bridgehead atoms. The van der Waals surface area contributed by atoms with Crippen LogP contribution in [0, 0.1) is 0 Å². The third-order valence-electron chi connectivity index (χ3n) is 5.27. The molecule has 1 heterocycles. The van der Waals surface area contributed by atoms with E-state index in [4.69, 9.17) is 4.74 Å². The van der Waals surface area contributed by atoms with Gasteiger partial charge in [0.05, 0.1) is 18.1 Å². The van der Waals surface area contributed by atoms with Gasteiger partial charge in [-0.3, -0.25) is 4.79 Å². The Morgan fingerprint density at radius 1 is 1.07 bits per heavy atom. The lowest BCUT2D eigenvalue weighted by molar-refractivity contribution is 0.0730. The van der Waals surface area contributed by atoms with E-state index in [1.54, 1.807) is 12.1 Å².